The third-order valence-electron chi connectivity index (χ3n) is 5.91. The average molecular weight is 413 g/mol. The topological polar surface area (TPSA) is 65.2 Å². The molecule has 1 aliphatic heterocycles. The van der Waals surface area contributed by atoms with Gasteiger partial charge < -0.3 is 15.2 Å². The zero-order valence-electron chi connectivity index (χ0n) is 16.8. The van der Waals surface area contributed by atoms with Gasteiger partial charge in [0, 0.05) is 41.0 Å². The monoisotopic (exact) mass is 413 g/mol. The second kappa shape index (κ2) is 7.40. The van der Waals surface area contributed by atoms with Crippen molar-refractivity contribution in [1.82, 2.24) is 9.88 Å². The first-order chi connectivity index (χ1) is 15.0. The molecule has 0 aliphatic carbocycles. The first-order valence-corrected chi connectivity index (χ1v) is 10.0. The van der Waals surface area contributed by atoms with E-state index >= 15 is 0 Å². The number of aromatic amines is 1. The summed E-state index contributed by atoms with van der Waals surface area (Å²) in [6, 6.07) is 20.2. The summed E-state index contributed by atoms with van der Waals surface area (Å²) in [7, 11) is 1.73. The number of hydrogen-bond acceptors (Lipinski definition) is 2. The summed E-state index contributed by atoms with van der Waals surface area (Å²) >= 11 is 0. The van der Waals surface area contributed by atoms with E-state index in [1.807, 2.05) is 42.6 Å². The second-order valence-electron chi connectivity index (χ2n) is 7.71. The zero-order valence-corrected chi connectivity index (χ0v) is 16.8. The summed E-state index contributed by atoms with van der Waals surface area (Å²) in [6.45, 7) is 0. The number of hydrogen-bond donors (Lipinski definition) is 2. The number of halogens is 1. The Hall–Kier alpha value is -3.93. The first-order valence-electron chi connectivity index (χ1n) is 10.0. The van der Waals surface area contributed by atoms with Crippen LogP contribution in [0.2, 0.25) is 0 Å². The summed E-state index contributed by atoms with van der Waals surface area (Å²) in [5.41, 5.74) is 3.51. The van der Waals surface area contributed by atoms with Crippen molar-refractivity contribution in [3.63, 3.8) is 0 Å². The lowest BCUT2D eigenvalue weighted by Crippen LogP contribution is -2.44. The highest BCUT2D eigenvalue weighted by atomic mass is 19.1. The number of aromatic nitrogens is 1. The highest BCUT2D eigenvalue weighted by Crippen LogP contribution is 2.44. The fourth-order valence-electron chi connectivity index (χ4n) is 4.44. The molecule has 0 saturated heterocycles. The smallest absolute Gasteiger partial charge is 0.254 e. The van der Waals surface area contributed by atoms with Crippen LogP contribution < -0.4 is 5.32 Å². The van der Waals surface area contributed by atoms with Crippen LogP contribution in [0, 0.1) is 5.82 Å². The predicted molar refractivity (Wildman–Crippen MR) is 117 cm³/mol. The highest BCUT2D eigenvalue weighted by molar-refractivity contribution is 6.05. The van der Waals surface area contributed by atoms with E-state index in [0.717, 1.165) is 16.5 Å². The summed E-state index contributed by atoms with van der Waals surface area (Å²) < 4.78 is 13.3. The van der Waals surface area contributed by atoms with Crippen molar-refractivity contribution in [3.05, 3.63) is 102 Å². The van der Waals surface area contributed by atoms with Crippen LogP contribution in [0.5, 0.6) is 0 Å². The normalized spacial score (nSPS) is 18.1. The molecule has 0 fully saturated rings. The van der Waals surface area contributed by atoms with E-state index in [9.17, 15) is 14.0 Å². The second-order valence-corrected chi connectivity index (χ2v) is 7.71. The summed E-state index contributed by atoms with van der Waals surface area (Å²) in [4.78, 5) is 31.6. The first kappa shape index (κ1) is 19.1. The van der Waals surface area contributed by atoms with Gasteiger partial charge >= 0.3 is 0 Å². The average Bonchev–Trinajstić information content (AvgIpc) is 3.21. The molecule has 4 aromatic rings. The van der Waals surface area contributed by atoms with Crippen LogP contribution in [-0.2, 0) is 4.79 Å². The van der Waals surface area contributed by atoms with Gasteiger partial charge in [0.15, 0.2) is 0 Å². The molecule has 0 bridgehead atoms. The largest absolute Gasteiger partial charge is 0.361 e. The predicted octanol–water partition coefficient (Wildman–Crippen LogP) is 4.86. The van der Waals surface area contributed by atoms with Crippen LogP contribution in [0.3, 0.4) is 0 Å². The minimum Gasteiger partial charge on any atom is -0.361 e. The van der Waals surface area contributed by atoms with Gasteiger partial charge in [0.25, 0.3) is 5.91 Å². The lowest BCUT2D eigenvalue weighted by Gasteiger charge is -2.39. The van der Waals surface area contributed by atoms with Gasteiger partial charge in [-0.2, -0.15) is 0 Å². The molecular formula is C25H20FN3O2. The standard InChI is InChI=1S/C25H20FN3O2/c1-29-23(20-14-27-21-9-5-4-6-17(20)21)22(18-7-2-3-8-19(18)25(29)31)24(30)28-16-12-10-15(26)11-13-16/h2-14,22-23,27H,1H3,(H,28,30)/t22-,23-/m1/s1. The Kier molecular flexibility index (Phi) is 4.55. The van der Waals surface area contributed by atoms with E-state index in [2.05, 4.69) is 10.3 Å². The van der Waals surface area contributed by atoms with Gasteiger partial charge in [0.05, 0.1) is 12.0 Å². The number of H-pyrrole nitrogens is 1. The lowest BCUT2D eigenvalue weighted by atomic mass is 9.79. The van der Waals surface area contributed by atoms with E-state index < -0.39 is 12.0 Å². The number of benzene rings is 3. The number of nitrogens with one attached hydrogen (secondary N) is 2. The van der Waals surface area contributed by atoms with Crippen molar-refractivity contribution in [2.24, 2.45) is 0 Å². The molecular weight excluding hydrogens is 393 g/mol. The fraction of sp³-hybridized carbons (Fsp3) is 0.120. The van der Waals surface area contributed by atoms with Crippen LogP contribution in [0.25, 0.3) is 10.9 Å². The fourth-order valence-corrected chi connectivity index (χ4v) is 4.44. The van der Waals surface area contributed by atoms with Crippen molar-refractivity contribution in [2.45, 2.75) is 12.0 Å². The number of para-hydroxylation sites is 1. The number of rotatable bonds is 3. The van der Waals surface area contributed by atoms with E-state index in [1.165, 1.54) is 24.3 Å². The maximum absolute atomic E-state index is 13.6. The summed E-state index contributed by atoms with van der Waals surface area (Å²) in [6.07, 6.45) is 1.87. The molecule has 1 aromatic heterocycles. The number of carbonyl (C=O) groups excluding carboxylic acids is 2. The molecule has 0 spiro atoms. The van der Waals surface area contributed by atoms with Gasteiger partial charge in [-0.05, 0) is 42.0 Å². The highest BCUT2D eigenvalue weighted by Gasteiger charge is 2.43. The Morgan fingerprint density at radius 2 is 1.68 bits per heavy atom. The summed E-state index contributed by atoms with van der Waals surface area (Å²) in [5, 5.41) is 3.87. The van der Waals surface area contributed by atoms with Crippen molar-refractivity contribution >= 4 is 28.4 Å². The maximum atomic E-state index is 13.6. The van der Waals surface area contributed by atoms with Crippen molar-refractivity contribution in [1.29, 1.82) is 0 Å². The molecule has 0 radical (unpaired) electrons. The number of nitrogens with zero attached hydrogens (tertiary/aromatic N) is 1. The van der Waals surface area contributed by atoms with E-state index in [4.69, 9.17) is 0 Å². The van der Waals surface area contributed by atoms with Gasteiger partial charge in [-0.25, -0.2) is 4.39 Å². The van der Waals surface area contributed by atoms with Gasteiger partial charge in [-0.1, -0.05) is 36.4 Å². The molecule has 2 amide bonds. The number of likely N-dealkylation sites (N-methyl/N-ethyl adjacent to an activating group) is 1. The summed E-state index contributed by atoms with van der Waals surface area (Å²) in [5.74, 6) is -1.39. The third-order valence-corrected chi connectivity index (χ3v) is 5.91. The molecule has 6 heteroatoms. The molecule has 31 heavy (non-hydrogen) atoms. The zero-order chi connectivity index (χ0) is 21.5. The number of anilines is 1. The number of amides is 2. The Balaban J connectivity index is 1.64. The molecule has 2 heterocycles. The molecule has 154 valence electrons. The van der Waals surface area contributed by atoms with Crippen LogP contribution in [0.1, 0.15) is 33.4 Å². The molecule has 2 N–H and O–H groups in total. The Bertz CT molecular complexity index is 1300. The van der Waals surface area contributed by atoms with Gasteiger partial charge in [-0.15, -0.1) is 0 Å². The van der Waals surface area contributed by atoms with E-state index in [-0.39, 0.29) is 17.6 Å². The molecule has 2 atom stereocenters. The SMILES string of the molecule is CN1C(=O)c2ccccc2[C@@H](C(=O)Nc2ccc(F)cc2)[C@H]1c1c[nH]c2ccccc12. The molecule has 0 unspecified atom stereocenters. The lowest BCUT2D eigenvalue weighted by molar-refractivity contribution is -0.119. The van der Waals surface area contributed by atoms with Crippen LogP contribution in [0.15, 0.2) is 79.0 Å². The van der Waals surface area contributed by atoms with Crippen molar-refractivity contribution < 1.29 is 14.0 Å². The minimum absolute atomic E-state index is 0.128. The quantitative estimate of drug-likeness (QED) is 0.504. The number of carbonyl (C=O) groups is 2. The Morgan fingerprint density at radius 3 is 2.48 bits per heavy atom. The number of fused-ring (bicyclic) bond motifs is 2. The maximum Gasteiger partial charge on any atom is 0.254 e. The molecule has 1 aliphatic rings. The third kappa shape index (κ3) is 3.17. The van der Waals surface area contributed by atoms with Crippen molar-refractivity contribution in [3.8, 4) is 0 Å². The van der Waals surface area contributed by atoms with Crippen LogP contribution in [-0.4, -0.2) is 28.7 Å². The van der Waals surface area contributed by atoms with E-state index in [1.54, 1.807) is 24.1 Å². The van der Waals surface area contributed by atoms with Gasteiger partial charge in [0.2, 0.25) is 5.91 Å². The van der Waals surface area contributed by atoms with E-state index in [0.29, 0.717) is 16.8 Å². The van der Waals surface area contributed by atoms with Crippen molar-refractivity contribution in [2.75, 3.05) is 12.4 Å². The Labute approximate surface area is 178 Å². The van der Waals surface area contributed by atoms with Crippen LogP contribution >= 0.6 is 0 Å². The van der Waals surface area contributed by atoms with Gasteiger partial charge in [0.1, 0.15) is 5.82 Å². The van der Waals surface area contributed by atoms with Gasteiger partial charge in [-0.3, -0.25) is 9.59 Å². The molecule has 5 rings (SSSR count). The minimum atomic E-state index is -0.636. The molecule has 5 nitrogen and oxygen atoms in total. The Morgan fingerprint density at radius 1 is 0.968 bits per heavy atom. The molecule has 0 saturated carbocycles. The molecule has 3 aromatic carbocycles. The van der Waals surface area contributed by atoms with Crippen LogP contribution in [0.4, 0.5) is 10.1 Å².